The SMILES string of the molecule is CCOc1ccccc1S(=O)(=O)NCCN1CCCC1c1ccc(OC)cc1. The Balaban J connectivity index is 1.62. The molecule has 1 fully saturated rings. The Morgan fingerprint density at radius 1 is 1.14 bits per heavy atom. The Morgan fingerprint density at radius 3 is 2.61 bits per heavy atom. The third-order valence-electron chi connectivity index (χ3n) is 4.99. The zero-order chi connectivity index (χ0) is 20.0. The molecule has 1 N–H and O–H groups in total. The zero-order valence-corrected chi connectivity index (χ0v) is 17.2. The minimum Gasteiger partial charge on any atom is -0.497 e. The van der Waals surface area contributed by atoms with E-state index >= 15 is 0 Å². The molecule has 28 heavy (non-hydrogen) atoms. The summed E-state index contributed by atoms with van der Waals surface area (Å²) in [7, 11) is -1.95. The van der Waals surface area contributed by atoms with Crippen LogP contribution in [0.3, 0.4) is 0 Å². The van der Waals surface area contributed by atoms with E-state index in [1.165, 1.54) is 5.56 Å². The number of para-hydroxylation sites is 1. The fourth-order valence-electron chi connectivity index (χ4n) is 3.65. The Hall–Kier alpha value is -2.09. The van der Waals surface area contributed by atoms with Crippen molar-refractivity contribution >= 4 is 10.0 Å². The summed E-state index contributed by atoms with van der Waals surface area (Å²) in [6.07, 6.45) is 2.18. The zero-order valence-electron chi connectivity index (χ0n) is 16.4. The summed E-state index contributed by atoms with van der Waals surface area (Å²) in [5.74, 6) is 1.23. The Kier molecular flexibility index (Phi) is 6.93. The van der Waals surface area contributed by atoms with Crippen LogP contribution in [0.1, 0.15) is 31.4 Å². The van der Waals surface area contributed by atoms with Gasteiger partial charge in [0.15, 0.2) is 0 Å². The molecular formula is C21H28N2O4S. The largest absolute Gasteiger partial charge is 0.497 e. The van der Waals surface area contributed by atoms with Crippen molar-refractivity contribution in [2.24, 2.45) is 0 Å². The topological polar surface area (TPSA) is 67.9 Å². The van der Waals surface area contributed by atoms with Gasteiger partial charge in [-0.3, -0.25) is 4.90 Å². The van der Waals surface area contributed by atoms with Gasteiger partial charge in [-0.25, -0.2) is 13.1 Å². The molecular weight excluding hydrogens is 376 g/mol. The van der Waals surface area contributed by atoms with Crippen LogP contribution in [0.25, 0.3) is 0 Å². The molecule has 0 amide bonds. The van der Waals surface area contributed by atoms with Gasteiger partial charge in [0.05, 0.1) is 13.7 Å². The van der Waals surface area contributed by atoms with E-state index in [1.807, 2.05) is 19.1 Å². The second-order valence-electron chi connectivity index (χ2n) is 6.74. The maximum atomic E-state index is 12.7. The van der Waals surface area contributed by atoms with Crippen LogP contribution in [0.15, 0.2) is 53.4 Å². The molecule has 1 unspecified atom stereocenters. The van der Waals surface area contributed by atoms with Crippen LogP contribution < -0.4 is 14.2 Å². The second-order valence-corrected chi connectivity index (χ2v) is 8.48. The molecule has 0 saturated carbocycles. The molecule has 0 aliphatic carbocycles. The lowest BCUT2D eigenvalue weighted by atomic mass is 10.0. The summed E-state index contributed by atoms with van der Waals surface area (Å²) >= 11 is 0. The average Bonchev–Trinajstić information content (AvgIpc) is 3.17. The molecule has 0 bridgehead atoms. The summed E-state index contributed by atoms with van der Waals surface area (Å²) in [5.41, 5.74) is 1.24. The van der Waals surface area contributed by atoms with Crippen LogP contribution in [0.4, 0.5) is 0 Å². The maximum Gasteiger partial charge on any atom is 0.244 e. The lowest BCUT2D eigenvalue weighted by Crippen LogP contribution is -2.34. The van der Waals surface area contributed by atoms with E-state index in [1.54, 1.807) is 31.4 Å². The van der Waals surface area contributed by atoms with Gasteiger partial charge in [0.1, 0.15) is 16.4 Å². The van der Waals surface area contributed by atoms with Crippen molar-refractivity contribution in [2.75, 3.05) is 33.4 Å². The van der Waals surface area contributed by atoms with E-state index in [4.69, 9.17) is 9.47 Å². The van der Waals surface area contributed by atoms with Gasteiger partial charge in [-0.2, -0.15) is 0 Å². The molecule has 1 heterocycles. The first-order valence-electron chi connectivity index (χ1n) is 9.64. The molecule has 0 aromatic heterocycles. The average molecular weight is 405 g/mol. The first-order chi connectivity index (χ1) is 13.5. The van der Waals surface area contributed by atoms with Crippen molar-refractivity contribution in [3.63, 3.8) is 0 Å². The summed E-state index contributed by atoms with van der Waals surface area (Å²) in [6.45, 7) is 4.24. The van der Waals surface area contributed by atoms with Crippen LogP contribution in [-0.2, 0) is 10.0 Å². The van der Waals surface area contributed by atoms with Crippen molar-refractivity contribution in [1.29, 1.82) is 0 Å². The highest BCUT2D eigenvalue weighted by Gasteiger charge is 2.26. The Bertz CT molecular complexity index is 868. The van der Waals surface area contributed by atoms with E-state index in [2.05, 4.69) is 21.8 Å². The predicted octanol–water partition coefficient (Wildman–Crippen LogP) is 3.21. The van der Waals surface area contributed by atoms with E-state index in [0.717, 1.165) is 25.1 Å². The number of nitrogens with one attached hydrogen (secondary N) is 1. The van der Waals surface area contributed by atoms with Crippen LogP contribution in [-0.4, -0.2) is 46.7 Å². The first kappa shape index (κ1) is 20.6. The monoisotopic (exact) mass is 404 g/mol. The Labute approximate surface area is 167 Å². The standard InChI is InChI=1S/C21H28N2O4S/c1-3-27-20-8-4-5-9-21(20)28(24,25)22-14-16-23-15-6-7-19(23)17-10-12-18(26-2)13-11-17/h4-5,8-13,19,22H,3,6-7,14-16H2,1-2H3. The Morgan fingerprint density at radius 2 is 1.89 bits per heavy atom. The van der Waals surface area contributed by atoms with Crippen molar-refractivity contribution < 1.29 is 17.9 Å². The molecule has 1 aliphatic rings. The second kappa shape index (κ2) is 9.41. The lowest BCUT2D eigenvalue weighted by molar-refractivity contribution is 0.261. The summed E-state index contributed by atoms with van der Waals surface area (Å²) < 4.78 is 38.8. The number of rotatable bonds is 9. The fourth-order valence-corrected chi connectivity index (χ4v) is 4.81. The van der Waals surface area contributed by atoms with E-state index < -0.39 is 10.0 Å². The van der Waals surface area contributed by atoms with E-state index in [9.17, 15) is 8.42 Å². The first-order valence-corrected chi connectivity index (χ1v) is 11.1. The minimum atomic E-state index is -3.61. The molecule has 1 saturated heterocycles. The van der Waals surface area contributed by atoms with Crippen LogP contribution in [0.2, 0.25) is 0 Å². The van der Waals surface area contributed by atoms with Gasteiger partial charge in [-0.05, 0) is 56.1 Å². The quantitative estimate of drug-likeness (QED) is 0.695. The third kappa shape index (κ3) is 4.84. The predicted molar refractivity (Wildman–Crippen MR) is 109 cm³/mol. The van der Waals surface area contributed by atoms with Crippen LogP contribution in [0.5, 0.6) is 11.5 Å². The van der Waals surface area contributed by atoms with Gasteiger partial charge in [0.25, 0.3) is 0 Å². The molecule has 6 nitrogen and oxygen atoms in total. The summed E-state index contributed by atoms with van der Waals surface area (Å²) in [6, 6.07) is 15.2. The van der Waals surface area contributed by atoms with Gasteiger partial charge in [-0.15, -0.1) is 0 Å². The molecule has 2 aromatic carbocycles. The van der Waals surface area contributed by atoms with Crippen molar-refractivity contribution in [3.8, 4) is 11.5 Å². The number of likely N-dealkylation sites (tertiary alicyclic amines) is 1. The highest BCUT2D eigenvalue weighted by molar-refractivity contribution is 7.89. The summed E-state index contributed by atoms with van der Waals surface area (Å²) in [5, 5.41) is 0. The molecule has 1 aliphatic heterocycles. The van der Waals surface area contributed by atoms with Gasteiger partial charge < -0.3 is 9.47 Å². The highest BCUT2D eigenvalue weighted by Crippen LogP contribution is 2.32. The summed E-state index contributed by atoms with van der Waals surface area (Å²) in [4.78, 5) is 2.52. The molecule has 2 aromatic rings. The number of hydrogen-bond acceptors (Lipinski definition) is 5. The lowest BCUT2D eigenvalue weighted by Gasteiger charge is -2.25. The fraction of sp³-hybridized carbons (Fsp3) is 0.429. The van der Waals surface area contributed by atoms with Crippen LogP contribution in [0, 0.1) is 0 Å². The smallest absolute Gasteiger partial charge is 0.244 e. The van der Waals surface area contributed by atoms with Gasteiger partial charge in [0, 0.05) is 19.1 Å². The molecule has 0 spiro atoms. The number of benzene rings is 2. The molecule has 152 valence electrons. The number of ether oxygens (including phenoxy) is 2. The third-order valence-corrected chi connectivity index (χ3v) is 6.49. The maximum absolute atomic E-state index is 12.7. The highest BCUT2D eigenvalue weighted by atomic mass is 32.2. The van der Waals surface area contributed by atoms with Crippen molar-refractivity contribution in [2.45, 2.75) is 30.7 Å². The van der Waals surface area contributed by atoms with Gasteiger partial charge in [-0.1, -0.05) is 24.3 Å². The molecule has 0 radical (unpaired) electrons. The number of nitrogens with zero attached hydrogens (tertiary/aromatic N) is 1. The normalized spacial score (nSPS) is 17.6. The number of sulfonamides is 1. The van der Waals surface area contributed by atoms with E-state index in [-0.39, 0.29) is 4.90 Å². The number of hydrogen-bond donors (Lipinski definition) is 1. The van der Waals surface area contributed by atoms with Gasteiger partial charge >= 0.3 is 0 Å². The van der Waals surface area contributed by atoms with Crippen molar-refractivity contribution in [1.82, 2.24) is 9.62 Å². The van der Waals surface area contributed by atoms with E-state index in [0.29, 0.717) is 31.5 Å². The van der Waals surface area contributed by atoms with Gasteiger partial charge in [0.2, 0.25) is 10.0 Å². The van der Waals surface area contributed by atoms with Crippen molar-refractivity contribution in [3.05, 3.63) is 54.1 Å². The molecule has 1 atom stereocenters. The minimum absolute atomic E-state index is 0.185. The molecule has 3 rings (SSSR count). The van der Waals surface area contributed by atoms with Crippen LogP contribution >= 0.6 is 0 Å². The molecule has 7 heteroatoms. The number of methoxy groups -OCH3 is 1.